The highest BCUT2D eigenvalue weighted by Crippen LogP contribution is 2.31. The molecule has 0 saturated heterocycles. The van der Waals surface area contributed by atoms with E-state index in [1.54, 1.807) is 18.4 Å². The topological polar surface area (TPSA) is 52.0 Å². The number of rotatable bonds is 3. The van der Waals surface area contributed by atoms with E-state index in [9.17, 15) is 0 Å². The van der Waals surface area contributed by atoms with Crippen molar-refractivity contribution < 1.29 is 4.74 Å². The Labute approximate surface area is 138 Å². The molecule has 0 aliphatic carbocycles. The van der Waals surface area contributed by atoms with Crippen molar-refractivity contribution in [2.45, 2.75) is 19.9 Å². The van der Waals surface area contributed by atoms with Crippen molar-refractivity contribution in [3.05, 3.63) is 46.6 Å². The summed E-state index contributed by atoms with van der Waals surface area (Å²) in [6.45, 7) is 3.84. The number of aryl methyl sites for hydroxylation is 1. The number of fused-ring (bicyclic) bond motifs is 1. The standard InChI is InChI=1S/C17H18N4OS/c1-11-10-23-17(19-11)21-15-7-8-18-9-14(15)16(20-21)12-3-5-13(22-2)6-4-12/h3-6,10,18H,7-9H2,1-2H3. The second-order valence-electron chi connectivity index (χ2n) is 5.61. The molecule has 0 atom stereocenters. The van der Waals surface area contributed by atoms with E-state index in [1.165, 1.54) is 11.3 Å². The van der Waals surface area contributed by atoms with Gasteiger partial charge in [-0.1, -0.05) is 0 Å². The van der Waals surface area contributed by atoms with Gasteiger partial charge in [-0.2, -0.15) is 5.10 Å². The lowest BCUT2D eigenvalue weighted by Crippen LogP contribution is -2.24. The predicted molar refractivity (Wildman–Crippen MR) is 91.4 cm³/mol. The van der Waals surface area contributed by atoms with Gasteiger partial charge < -0.3 is 10.1 Å². The maximum atomic E-state index is 5.25. The summed E-state index contributed by atoms with van der Waals surface area (Å²) in [7, 11) is 1.68. The predicted octanol–water partition coefficient (Wildman–Crippen LogP) is 2.96. The summed E-state index contributed by atoms with van der Waals surface area (Å²) < 4.78 is 7.27. The van der Waals surface area contributed by atoms with Crippen LogP contribution in [0.25, 0.3) is 16.4 Å². The van der Waals surface area contributed by atoms with Crippen LogP contribution in [0.2, 0.25) is 0 Å². The Morgan fingerprint density at radius 1 is 1.26 bits per heavy atom. The third-order valence-corrected chi connectivity index (χ3v) is 5.02. The van der Waals surface area contributed by atoms with Crippen molar-refractivity contribution in [2.24, 2.45) is 0 Å². The van der Waals surface area contributed by atoms with Crippen molar-refractivity contribution in [3.63, 3.8) is 0 Å². The summed E-state index contributed by atoms with van der Waals surface area (Å²) in [6, 6.07) is 8.08. The van der Waals surface area contributed by atoms with E-state index in [0.29, 0.717) is 0 Å². The fourth-order valence-corrected chi connectivity index (χ4v) is 3.70. The quantitative estimate of drug-likeness (QED) is 0.804. The first kappa shape index (κ1) is 14.4. The summed E-state index contributed by atoms with van der Waals surface area (Å²) in [5, 5.41) is 11.3. The van der Waals surface area contributed by atoms with Gasteiger partial charge in [0.05, 0.1) is 24.2 Å². The van der Waals surface area contributed by atoms with Crippen LogP contribution in [-0.4, -0.2) is 28.4 Å². The van der Waals surface area contributed by atoms with Gasteiger partial charge in [0, 0.05) is 36.0 Å². The van der Waals surface area contributed by atoms with Crippen molar-refractivity contribution in [1.29, 1.82) is 0 Å². The van der Waals surface area contributed by atoms with E-state index in [-0.39, 0.29) is 0 Å². The molecule has 1 aliphatic rings. The summed E-state index contributed by atoms with van der Waals surface area (Å²) in [6.07, 6.45) is 0.969. The van der Waals surface area contributed by atoms with Gasteiger partial charge in [0.1, 0.15) is 5.75 Å². The van der Waals surface area contributed by atoms with Crippen LogP contribution in [0, 0.1) is 6.92 Å². The molecule has 0 spiro atoms. The SMILES string of the molecule is COc1ccc(-c2nn(-c3nc(C)cs3)c3c2CNCC3)cc1. The van der Waals surface area contributed by atoms with Crippen molar-refractivity contribution >= 4 is 11.3 Å². The Bertz CT molecular complexity index is 835. The van der Waals surface area contributed by atoms with Gasteiger partial charge in [0.25, 0.3) is 0 Å². The summed E-state index contributed by atoms with van der Waals surface area (Å²) in [5.41, 5.74) is 5.72. The highest BCUT2D eigenvalue weighted by molar-refractivity contribution is 7.12. The van der Waals surface area contributed by atoms with Gasteiger partial charge in [-0.25, -0.2) is 9.67 Å². The number of ether oxygens (including phenoxy) is 1. The minimum Gasteiger partial charge on any atom is -0.497 e. The molecule has 0 saturated carbocycles. The van der Waals surface area contributed by atoms with E-state index >= 15 is 0 Å². The molecule has 118 valence electrons. The smallest absolute Gasteiger partial charge is 0.210 e. The number of nitrogens with zero attached hydrogens (tertiary/aromatic N) is 3. The minimum atomic E-state index is 0.848. The molecule has 1 aliphatic heterocycles. The zero-order valence-corrected chi connectivity index (χ0v) is 14.0. The third-order valence-electron chi connectivity index (χ3n) is 4.08. The van der Waals surface area contributed by atoms with Crippen LogP contribution in [0.5, 0.6) is 5.75 Å². The summed E-state index contributed by atoms with van der Waals surface area (Å²) in [5.74, 6) is 0.857. The lowest BCUT2D eigenvalue weighted by molar-refractivity contribution is 0.415. The van der Waals surface area contributed by atoms with E-state index in [2.05, 4.69) is 27.8 Å². The molecule has 0 bridgehead atoms. The first-order valence-electron chi connectivity index (χ1n) is 7.64. The number of hydrogen-bond donors (Lipinski definition) is 1. The van der Waals surface area contributed by atoms with E-state index in [4.69, 9.17) is 9.84 Å². The second kappa shape index (κ2) is 5.79. The second-order valence-corrected chi connectivity index (χ2v) is 6.45. The first-order chi connectivity index (χ1) is 11.3. The Morgan fingerprint density at radius 2 is 2.09 bits per heavy atom. The molecule has 1 N–H and O–H groups in total. The Hall–Kier alpha value is -2.18. The van der Waals surface area contributed by atoms with Crippen molar-refractivity contribution in [1.82, 2.24) is 20.1 Å². The molecule has 6 heteroatoms. The molecule has 23 heavy (non-hydrogen) atoms. The largest absolute Gasteiger partial charge is 0.497 e. The maximum Gasteiger partial charge on any atom is 0.210 e. The Morgan fingerprint density at radius 3 is 2.78 bits per heavy atom. The van der Waals surface area contributed by atoms with Gasteiger partial charge >= 0.3 is 0 Å². The molecule has 5 nitrogen and oxygen atoms in total. The van der Waals surface area contributed by atoms with Crippen molar-refractivity contribution in [3.8, 4) is 22.1 Å². The van der Waals surface area contributed by atoms with Gasteiger partial charge in [-0.15, -0.1) is 11.3 Å². The average molecular weight is 326 g/mol. The van der Waals surface area contributed by atoms with Crippen LogP contribution in [0.3, 0.4) is 0 Å². The number of thiazole rings is 1. The number of benzene rings is 1. The van der Waals surface area contributed by atoms with Crippen LogP contribution in [0.1, 0.15) is 17.0 Å². The molecule has 0 amide bonds. The molecule has 2 aromatic heterocycles. The fourth-order valence-electron chi connectivity index (χ4n) is 2.93. The number of aromatic nitrogens is 3. The first-order valence-corrected chi connectivity index (χ1v) is 8.52. The molecule has 3 heterocycles. The van der Waals surface area contributed by atoms with Gasteiger partial charge in [-0.3, -0.25) is 0 Å². The normalized spacial score (nSPS) is 13.8. The van der Waals surface area contributed by atoms with E-state index < -0.39 is 0 Å². The Kier molecular flexibility index (Phi) is 3.63. The van der Waals surface area contributed by atoms with E-state index in [0.717, 1.165) is 47.3 Å². The molecular weight excluding hydrogens is 308 g/mol. The maximum absolute atomic E-state index is 5.25. The molecule has 4 rings (SSSR count). The van der Waals surface area contributed by atoms with Gasteiger partial charge in [-0.05, 0) is 31.2 Å². The van der Waals surface area contributed by atoms with Crippen molar-refractivity contribution in [2.75, 3.05) is 13.7 Å². The number of hydrogen-bond acceptors (Lipinski definition) is 5. The lowest BCUT2D eigenvalue weighted by Gasteiger charge is -2.14. The van der Waals surface area contributed by atoms with Gasteiger partial charge in [0.15, 0.2) is 0 Å². The van der Waals surface area contributed by atoms with Crippen LogP contribution in [-0.2, 0) is 13.0 Å². The highest BCUT2D eigenvalue weighted by Gasteiger charge is 2.23. The highest BCUT2D eigenvalue weighted by atomic mass is 32.1. The summed E-state index contributed by atoms with van der Waals surface area (Å²) in [4.78, 5) is 4.60. The average Bonchev–Trinajstić information content (AvgIpc) is 3.19. The molecule has 1 aromatic carbocycles. The fraction of sp³-hybridized carbons (Fsp3) is 0.294. The van der Waals surface area contributed by atoms with E-state index in [1.807, 2.05) is 23.7 Å². The third kappa shape index (κ3) is 2.54. The molecular formula is C17H18N4OS. The van der Waals surface area contributed by atoms with Crippen LogP contribution in [0.15, 0.2) is 29.6 Å². The van der Waals surface area contributed by atoms with Crippen LogP contribution in [0.4, 0.5) is 0 Å². The monoisotopic (exact) mass is 326 g/mol. The molecule has 0 radical (unpaired) electrons. The lowest BCUT2D eigenvalue weighted by atomic mass is 10.0. The number of methoxy groups -OCH3 is 1. The van der Waals surface area contributed by atoms with Crippen LogP contribution < -0.4 is 10.1 Å². The molecule has 0 unspecified atom stereocenters. The zero-order chi connectivity index (χ0) is 15.8. The minimum absolute atomic E-state index is 0.848. The van der Waals surface area contributed by atoms with Crippen LogP contribution >= 0.6 is 11.3 Å². The number of nitrogens with one attached hydrogen (secondary N) is 1. The molecule has 0 fully saturated rings. The summed E-state index contributed by atoms with van der Waals surface area (Å²) >= 11 is 1.64. The zero-order valence-electron chi connectivity index (χ0n) is 13.2. The Balaban J connectivity index is 1.84. The van der Waals surface area contributed by atoms with Gasteiger partial charge in [0.2, 0.25) is 5.13 Å². The molecule has 3 aromatic rings.